The van der Waals surface area contributed by atoms with E-state index in [9.17, 15) is 4.79 Å². The summed E-state index contributed by atoms with van der Waals surface area (Å²) in [7, 11) is 0. The average Bonchev–Trinajstić information content (AvgIpc) is 2.41. The van der Waals surface area contributed by atoms with Crippen molar-refractivity contribution in [3.8, 4) is 5.88 Å². The van der Waals surface area contributed by atoms with Crippen LogP contribution in [-0.4, -0.2) is 22.5 Å². The highest BCUT2D eigenvalue weighted by atomic mass is 35.5. The first kappa shape index (κ1) is 14.3. The number of hydrogen-bond donors (Lipinski definition) is 1. The summed E-state index contributed by atoms with van der Waals surface area (Å²) in [6, 6.07) is 5.05. The highest BCUT2D eigenvalue weighted by molar-refractivity contribution is 6.34. The highest BCUT2D eigenvalue weighted by Gasteiger charge is 2.11. The van der Waals surface area contributed by atoms with E-state index < -0.39 is 0 Å². The first-order valence-electron chi connectivity index (χ1n) is 6.12. The summed E-state index contributed by atoms with van der Waals surface area (Å²) in [5, 5.41) is 3.08. The standard InChI is InChI=1S/C14H14ClN3O2/c1-3-20-13-5-4-10(7-17-13)18-14(19)11-8-16-9(2)6-12(11)15/h4-8H,3H2,1-2H3,(H,18,19). The zero-order valence-electron chi connectivity index (χ0n) is 11.2. The molecule has 0 aliphatic heterocycles. The van der Waals surface area contributed by atoms with Gasteiger partial charge in [0, 0.05) is 18.0 Å². The summed E-state index contributed by atoms with van der Waals surface area (Å²) in [5.41, 5.74) is 1.65. The monoisotopic (exact) mass is 291 g/mol. The molecule has 6 heteroatoms. The number of nitrogens with one attached hydrogen (secondary N) is 1. The Kier molecular flexibility index (Phi) is 4.53. The Morgan fingerprint density at radius 3 is 2.75 bits per heavy atom. The number of amides is 1. The van der Waals surface area contributed by atoms with Gasteiger partial charge in [-0.2, -0.15) is 0 Å². The van der Waals surface area contributed by atoms with Gasteiger partial charge in [0.15, 0.2) is 0 Å². The van der Waals surface area contributed by atoms with E-state index >= 15 is 0 Å². The number of ether oxygens (including phenoxy) is 1. The van der Waals surface area contributed by atoms with Gasteiger partial charge in [-0.3, -0.25) is 9.78 Å². The second-order valence-corrected chi connectivity index (χ2v) is 4.48. The van der Waals surface area contributed by atoms with Crippen molar-refractivity contribution in [2.45, 2.75) is 13.8 Å². The second kappa shape index (κ2) is 6.34. The van der Waals surface area contributed by atoms with Gasteiger partial charge >= 0.3 is 0 Å². The molecule has 0 radical (unpaired) electrons. The second-order valence-electron chi connectivity index (χ2n) is 4.08. The van der Waals surface area contributed by atoms with Crippen molar-refractivity contribution in [1.82, 2.24) is 9.97 Å². The first-order chi connectivity index (χ1) is 9.60. The van der Waals surface area contributed by atoms with E-state index in [0.29, 0.717) is 28.8 Å². The van der Waals surface area contributed by atoms with Crippen LogP contribution in [0.25, 0.3) is 0 Å². The molecule has 1 amide bonds. The molecule has 0 saturated carbocycles. The van der Waals surface area contributed by atoms with Crippen molar-refractivity contribution in [3.05, 3.63) is 46.9 Å². The maximum absolute atomic E-state index is 12.1. The molecule has 5 nitrogen and oxygen atoms in total. The maximum Gasteiger partial charge on any atom is 0.258 e. The molecular weight excluding hydrogens is 278 g/mol. The Labute approximate surface area is 122 Å². The summed E-state index contributed by atoms with van der Waals surface area (Å²) in [6.07, 6.45) is 2.98. The molecule has 2 aromatic rings. The van der Waals surface area contributed by atoms with E-state index in [1.807, 2.05) is 13.8 Å². The molecule has 0 unspecified atom stereocenters. The summed E-state index contributed by atoms with van der Waals surface area (Å²) >= 11 is 6.02. The third kappa shape index (κ3) is 3.45. The van der Waals surface area contributed by atoms with Gasteiger partial charge in [-0.05, 0) is 26.0 Å². The lowest BCUT2D eigenvalue weighted by Gasteiger charge is -2.07. The van der Waals surface area contributed by atoms with Crippen LogP contribution in [0.1, 0.15) is 23.0 Å². The van der Waals surface area contributed by atoms with Crippen LogP contribution in [0.4, 0.5) is 5.69 Å². The Morgan fingerprint density at radius 1 is 1.35 bits per heavy atom. The van der Waals surface area contributed by atoms with Crippen molar-refractivity contribution in [1.29, 1.82) is 0 Å². The van der Waals surface area contributed by atoms with Gasteiger partial charge in [0.25, 0.3) is 5.91 Å². The molecule has 0 aliphatic rings. The summed E-state index contributed by atoms with van der Waals surface area (Å²) in [4.78, 5) is 20.2. The van der Waals surface area contributed by atoms with E-state index in [-0.39, 0.29) is 5.91 Å². The molecule has 104 valence electrons. The Morgan fingerprint density at radius 2 is 2.15 bits per heavy atom. The molecule has 0 atom stereocenters. The summed E-state index contributed by atoms with van der Waals surface area (Å²) in [6.45, 7) is 4.23. The molecule has 1 N–H and O–H groups in total. The molecule has 2 aromatic heterocycles. The van der Waals surface area contributed by atoms with Crippen LogP contribution in [-0.2, 0) is 0 Å². The fraction of sp³-hybridized carbons (Fsp3) is 0.214. The number of pyridine rings is 2. The maximum atomic E-state index is 12.1. The van der Waals surface area contributed by atoms with Crippen LogP contribution in [0, 0.1) is 6.92 Å². The lowest BCUT2D eigenvalue weighted by molar-refractivity contribution is 0.102. The van der Waals surface area contributed by atoms with Crippen molar-refractivity contribution in [2.24, 2.45) is 0 Å². The number of carbonyl (C=O) groups is 1. The Balaban J connectivity index is 2.11. The van der Waals surface area contributed by atoms with Crippen LogP contribution in [0.15, 0.2) is 30.6 Å². The van der Waals surface area contributed by atoms with Crippen LogP contribution in [0.2, 0.25) is 5.02 Å². The number of rotatable bonds is 4. The number of hydrogen-bond acceptors (Lipinski definition) is 4. The minimum atomic E-state index is -0.326. The Bertz CT molecular complexity index is 614. The number of nitrogens with zero attached hydrogens (tertiary/aromatic N) is 2. The van der Waals surface area contributed by atoms with E-state index in [1.54, 1.807) is 18.2 Å². The zero-order valence-corrected chi connectivity index (χ0v) is 11.9. The molecule has 0 bridgehead atoms. The van der Waals surface area contributed by atoms with Gasteiger partial charge < -0.3 is 10.1 Å². The number of carbonyl (C=O) groups excluding carboxylic acids is 1. The number of aryl methyl sites for hydroxylation is 1. The summed E-state index contributed by atoms with van der Waals surface area (Å²) in [5.74, 6) is 0.189. The lowest BCUT2D eigenvalue weighted by Crippen LogP contribution is -2.13. The molecule has 2 heterocycles. The zero-order chi connectivity index (χ0) is 14.5. The van der Waals surface area contributed by atoms with Crippen LogP contribution in [0.3, 0.4) is 0 Å². The minimum Gasteiger partial charge on any atom is -0.478 e. The quantitative estimate of drug-likeness (QED) is 0.940. The largest absolute Gasteiger partial charge is 0.478 e. The van der Waals surface area contributed by atoms with E-state index in [2.05, 4.69) is 15.3 Å². The predicted molar refractivity (Wildman–Crippen MR) is 77.3 cm³/mol. The third-order valence-corrected chi connectivity index (χ3v) is 2.83. The van der Waals surface area contributed by atoms with E-state index in [4.69, 9.17) is 16.3 Å². The molecule has 0 aliphatic carbocycles. The molecule has 20 heavy (non-hydrogen) atoms. The SMILES string of the molecule is CCOc1ccc(NC(=O)c2cnc(C)cc2Cl)cn1. The molecule has 0 fully saturated rings. The van der Waals surface area contributed by atoms with Crippen molar-refractivity contribution >= 4 is 23.2 Å². The van der Waals surface area contributed by atoms with E-state index in [1.165, 1.54) is 12.4 Å². The smallest absolute Gasteiger partial charge is 0.258 e. The van der Waals surface area contributed by atoms with E-state index in [0.717, 1.165) is 5.69 Å². The Hall–Kier alpha value is -2.14. The minimum absolute atomic E-state index is 0.325. The van der Waals surface area contributed by atoms with Gasteiger partial charge in [0.1, 0.15) is 0 Å². The van der Waals surface area contributed by atoms with Crippen molar-refractivity contribution in [3.63, 3.8) is 0 Å². The normalized spacial score (nSPS) is 10.2. The number of anilines is 1. The number of halogens is 1. The van der Waals surface area contributed by atoms with Gasteiger partial charge in [0.2, 0.25) is 5.88 Å². The van der Waals surface area contributed by atoms with Crippen LogP contribution < -0.4 is 10.1 Å². The molecule has 0 spiro atoms. The van der Waals surface area contributed by atoms with Crippen molar-refractivity contribution < 1.29 is 9.53 Å². The lowest BCUT2D eigenvalue weighted by atomic mass is 10.2. The van der Waals surface area contributed by atoms with Gasteiger partial charge in [-0.25, -0.2) is 4.98 Å². The molecule has 2 rings (SSSR count). The molecule has 0 saturated heterocycles. The van der Waals surface area contributed by atoms with Gasteiger partial charge in [-0.1, -0.05) is 11.6 Å². The van der Waals surface area contributed by atoms with Crippen molar-refractivity contribution in [2.75, 3.05) is 11.9 Å². The average molecular weight is 292 g/mol. The first-order valence-corrected chi connectivity index (χ1v) is 6.50. The van der Waals surface area contributed by atoms with Crippen LogP contribution >= 0.6 is 11.6 Å². The topological polar surface area (TPSA) is 64.1 Å². The fourth-order valence-electron chi connectivity index (χ4n) is 1.58. The predicted octanol–water partition coefficient (Wildman–Crippen LogP) is 3.09. The summed E-state index contributed by atoms with van der Waals surface area (Å²) < 4.78 is 5.23. The fourth-order valence-corrected chi connectivity index (χ4v) is 1.87. The van der Waals surface area contributed by atoms with Gasteiger partial charge in [0.05, 0.1) is 29.1 Å². The van der Waals surface area contributed by atoms with Crippen LogP contribution in [0.5, 0.6) is 5.88 Å². The third-order valence-electron chi connectivity index (χ3n) is 2.52. The van der Waals surface area contributed by atoms with Gasteiger partial charge in [-0.15, -0.1) is 0 Å². The highest BCUT2D eigenvalue weighted by Crippen LogP contribution is 2.18. The number of aromatic nitrogens is 2. The molecular formula is C14H14ClN3O2. The molecule has 0 aromatic carbocycles.